The number of hydrogen-bond donors (Lipinski definition) is 1. The Kier molecular flexibility index (Phi) is 4.75. The third-order valence-electron chi connectivity index (χ3n) is 2.88. The molecule has 110 valence electrons. The normalized spacial score (nSPS) is 10.2. The van der Waals surface area contributed by atoms with Gasteiger partial charge in [0.15, 0.2) is 0 Å². The van der Waals surface area contributed by atoms with Crippen LogP contribution in [0.2, 0.25) is 0 Å². The van der Waals surface area contributed by atoms with E-state index in [1.807, 2.05) is 51.1 Å². The highest BCUT2D eigenvalue weighted by Gasteiger charge is 2.13. The highest BCUT2D eigenvalue weighted by atomic mass is 32.1. The highest BCUT2D eigenvalue weighted by molar-refractivity contribution is 7.80. The number of aromatic nitrogens is 1. The number of nitrogens with zero attached hydrogens (tertiary/aromatic N) is 1. The number of thiocarbonyl (C=S) groups is 1. The smallest absolute Gasteiger partial charge is 0.141 e. The number of rotatable bonds is 5. The van der Waals surface area contributed by atoms with Crippen molar-refractivity contribution in [3.63, 3.8) is 0 Å². The Bertz CT molecular complexity index is 671. The third kappa shape index (κ3) is 3.70. The maximum Gasteiger partial charge on any atom is 0.141 e. The Morgan fingerprint density at radius 1 is 1.24 bits per heavy atom. The summed E-state index contributed by atoms with van der Waals surface area (Å²) in [5.41, 5.74) is 8.06. The fraction of sp³-hybridized carbons (Fsp3) is 0.250. The molecule has 0 radical (unpaired) electrons. The first-order valence-electron chi connectivity index (χ1n) is 6.70. The summed E-state index contributed by atoms with van der Waals surface area (Å²) in [5, 5.41) is 0. The number of pyridine rings is 1. The summed E-state index contributed by atoms with van der Waals surface area (Å²) in [5.74, 6) is 2.04. The van der Waals surface area contributed by atoms with Gasteiger partial charge in [-0.2, -0.15) is 0 Å². The first kappa shape index (κ1) is 15.3. The van der Waals surface area contributed by atoms with Gasteiger partial charge in [-0.15, -0.1) is 0 Å². The molecule has 0 fully saturated rings. The van der Waals surface area contributed by atoms with E-state index in [0.717, 1.165) is 17.1 Å². The minimum atomic E-state index is 0.274. The number of nitrogens with two attached hydrogens (primary N) is 1. The molecule has 4 nitrogen and oxygen atoms in total. The van der Waals surface area contributed by atoms with Crippen LogP contribution >= 0.6 is 12.2 Å². The molecular formula is C16H18N2O2S. The minimum Gasteiger partial charge on any atom is -0.494 e. The summed E-state index contributed by atoms with van der Waals surface area (Å²) >= 11 is 5.10. The first-order valence-corrected chi connectivity index (χ1v) is 7.11. The fourth-order valence-electron chi connectivity index (χ4n) is 2.09. The standard InChI is InChI=1S/C16H18N2O2S/c1-4-19-12-6-5-7-13(9-12)20-14-8-10(2)18-11(3)15(14)16(17)21/h5-9H,4H2,1-3H3,(H2,17,21). The second-order valence-electron chi connectivity index (χ2n) is 4.60. The van der Waals surface area contributed by atoms with E-state index in [1.54, 1.807) is 0 Å². The van der Waals surface area contributed by atoms with Gasteiger partial charge in [-0.05, 0) is 32.9 Å². The predicted octanol–water partition coefficient (Wildman–Crippen LogP) is 3.52. The lowest BCUT2D eigenvalue weighted by atomic mass is 10.1. The molecule has 5 heteroatoms. The van der Waals surface area contributed by atoms with Crippen LogP contribution in [0.1, 0.15) is 23.9 Å². The lowest BCUT2D eigenvalue weighted by Crippen LogP contribution is -2.14. The summed E-state index contributed by atoms with van der Waals surface area (Å²) in [6.45, 7) is 6.31. The quantitative estimate of drug-likeness (QED) is 0.856. The van der Waals surface area contributed by atoms with Crippen LogP contribution in [0.4, 0.5) is 0 Å². The van der Waals surface area contributed by atoms with Gasteiger partial charge in [-0.25, -0.2) is 0 Å². The summed E-state index contributed by atoms with van der Waals surface area (Å²) < 4.78 is 11.4. The van der Waals surface area contributed by atoms with Crippen LogP contribution in [0.15, 0.2) is 30.3 Å². The second kappa shape index (κ2) is 6.54. The first-order chi connectivity index (χ1) is 10.0. The Labute approximate surface area is 129 Å². The molecule has 0 aliphatic rings. The average molecular weight is 302 g/mol. The molecule has 0 unspecified atom stereocenters. The van der Waals surface area contributed by atoms with Gasteiger partial charge >= 0.3 is 0 Å². The van der Waals surface area contributed by atoms with Gasteiger partial charge in [0.2, 0.25) is 0 Å². The molecule has 0 saturated carbocycles. The summed E-state index contributed by atoms with van der Waals surface area (Å²) in [6.07, 6.45) is 0. The zero-order valence-electron chi connectivity index (χ0n) is 12.3. The Balaban J connectivity index is 2.39. The van der Waals surface area contributed by atoms with Crippen molar-refractivity contribution < 1.29 is 9.47 Å². The van der Waals surface area contributed by atoms with Gasteiger partial charge in [-0.3, -0.25) is 4.98 Å². The van der Waals surface area contributed by atoms with E-state index < -0.39 is 0 Å². The van der Waals surface area contributed by atoms with Crippen LogP contribution in [0, 0.1) is 13.8 Å². The van der Waals surface area contributed by atoms with E-state index in [4.69, 9.17) is 27.4 Å². The lowest BCUT2D eigenvalue weighted by molar-refractivity contribution is 0.338. The van der Waals surface area contributed by atoms with Crippen molar-refractivity contribution in [2.24, 2.45) is 5.73 Å². The van der Waals surface area contributed by atoms with Crippen LogP contribution in [0.25, 0.3) is 0 Å². The number of aryl methyl sites for hydroxylation is 2. The van der Waals surface area contributed by atoms with Gasteiger partial charge in [0.05, 0.1) is 17.9 Å². The van der Waals surface area contributed by atoms with Crippen LogP contribution < -0.4 is 15.2 Å². The van der Waals surface area contributed by atoms with E-state index in [2.05, 4.69) is 4.98 Å². The van der Waals surface area contributed by atoms with Crippen molar-refractivity contribution in [1.82, 2.24) is 4.98 Å². The summed E-state index contributed by atoms with van der Waals surface area (Å²) in [7, 11) is 0. The van der Waals surface area contributed by atoms with E-state index in [1.165, 1.54) is 0 Å². The zero-order valence-corrected chi connectivity index (χ0v) is 13.2. The van der Waals surface area contributed by atoms with Crippen molar-refractivity contribution >= 4 is 17.2 Å². The zero-order chi connectivity index (χ0) is 15.4. The van der Waals surface area contributed by atoms with Gasteiger partial charge in [-0.1, -0.05) is 18.3 Å². The molecule has 1 aromatic carbocycles. The molecule has 0 amide bonds. The molecule has 0 spiro atoms. The Morgan fingerprint density at radius 3 is 2.62 bits per heavy atom. The van der Waals surface area contributed by atoms with E-state index in [-0.39, 0.29) is 4.99 Å². The average Bonchev–Trinajstić information content (AvgIpc) is 2.38. The van der Waals surface area contributed by atoms with Crippen LogP contribution in [0.3, 0.4) is 0 Å². The molecule has 1 aromatic heterocycles. The molecule has 21 heavy (non-hydrogen) atoms. The molecule has 2 aromatic rings. The highest BCUT2D eigenvalue weighted by Crippen LogP contribution is 2.29. The largest absolute Gasteiger partial charge is 0.494 e. The maximum atomic E-state index is 5.93. The monoisotopic (exact) mass is 302 g/mol. The Morgan fingerprint density at radius 2 is 1.95 bits per heavy atom. The van der Waals surface area contributed by atoms with Gasteiger partial charge in [0.1, 0.15) is 22.2 Å². The van der Waals surface area contributed by atoms with Crippen LogP contribution in [0.5, 0.6) is 17.2 Å². The van der Waals surface area contributed by atoms with Crippen molar-refractivity contribution in [3.05, 3.63) is 47.3 Å². The number of ether oxygens (including phenoxy) is 2. The molecule has 0 saturated heterocycles. The van der Waals surface area contributed by atoms with Gasteiger partial charge in [0, 0.05) is 17.8 Å². The molecule has 2 rings (SSSR count). The predicted molar refractivity (Wildman–Crippen MR) is 87.3 cm³/mol. The third-order valence-corrected chi connectivity index (χ3v) is 3.09. The van der Waals surface area contributed by atoms with Crippen molar-refractivity contribution in [2.75, 3.05) is 6.61 Å². The SMILES string of the molecule is CCOc1cccc(Oc2cc(C)nc(C)c2C(N)=S)c1. The van der Waals surface area contributed by atoms with E-state index in [0.29, 0.717) is 23.7 Å². The van der Waals surface area contributed by atoms with E-state index in [9.17, 15) is 0 Å². The van der Waals surface area contributed by atoms with E-state index >= 15 is 0 Å². The molecule has 0 atom stereocenters. The van der Waals surface area contributed by atoms with Crippen molar-refractivity contribution in [3.8, 4) is 17.2 Å². The Hall–Kier alpha value is -2.14. The second-order valence-corrected chi connectivity index (χ2v) is 5.04. The van der Waals surface area contributed by atoms with Crippen LogP contribution in [-0.2, 0) is 0 Å². The van der Waals surface area contributed by atoms with Crippen molar-refractivity contribution in [2.45, 2.75) is 20.8 Å². The number of benzene rings is 1. The topological polar surface area (TPSA) is 57.4 Å². The minimum absolute atomic E-state index is 0.274. The van der Waals surface area contributed by atoms with Crippen molar-refractivity contribution in [1.29, 1.82) is 0 Å². The summed E-state index contributed by atoms with van der Waals surface area (Å²) in [6, 6.07) is 9.28. The molecule has 0 bridgehead atoms. The fourth-order valence-corrected chi connectivity index (χ4v) is 2.34. The van der Waals surface area contributed by atoms with Gasteiger partial charge < -0.3 is 15.2 Å². The van der Waals surface area contributed by atoms with Gasteiger partial charge in [0.25, 0.3) is 0 Å². The molecule has 2 N–H and O–H groups in total. The molecule has 0 aliphatic heterocycles. The maximum absolute atomic E-state index is 5.93. The molecule has 1 heterocycles. The lowest BCUT2D eigenvalue weighted by Gasteiger charge is -2.14. The summed E-state index contributed by atoms with van der Waals surface area (Å²) in [4.78, 5) is 4.65. The van der Waals surface area contributed by atoms with Crippen LogP contribution in [-0.4, -0.2) is 16.6 Å². The molecular weight excluding hydrogens is 284 g/mol. The number of hydrogen-bond acceptors (Lipinski definition) is 4. The molecule has 0 aliphatic carbocycles.